The number of hydrogen-bond donors (Lipinski definition) is 1. The molecule has 0 saturated heterocycles. The number of aromatic amines is 1. The molecule has 4 rings (SSSR count). The number of benzene rings is 2. The molecular weight excluding hydrogens is 308 g/mol. The van der Waals surface area contributed by atoms with Crippen molar-refractivity contribution in [3.05, 3.63) is 87.8 Å². The van der Waals surface area contributed by atoms with E-state index in [-0.39, 0.29) is 5.56 Å². The van der Waals surface area contributed by atoms with Crippen molar-refractivity contribution in [2.75, 3.05) is 0 Å². The second-order valence-corrected chi connectivity index (χ2v) is 6.43. The van der Waals surface area contributed by atoms with Crippen LogP contribution in [0.3, 0.4) is 0 Å². The first-order valence-electron chi connectivity index (χ1n) is 8.46. The highest BCUT2D eigenvalue weighted by Gasteiger charge is 2.07. The molecule has 124 valence electrons. The summed E-state index contributed by atoms with van der Waals surface area (Å²) in [4.78, 5) is 15.4. The van der Waals surface area contributed by atoms with Gasteiger partial charge in [0.2, 0.25) is 0 Å². The van der Waals surface area contributed by atoms with Gasteiger partial charge in [-0.15, -0.1) is 0 Å². The van der Waals surface area contributed by atoms with Crippen LogP contribution in [0.1, 0.15) is 16.7 Å². The van der Waals surface area contributed by atoms with Crippen LogP contribution in [-0.2, 0) is 13.5 Å². The van der Waals surface area contributed by atoms with Gasteiger partial charge >= 0.3 is 0 Å². The SMILES string of the molecule is Cc1c(/C=C/Cc2cn(C)c3ccccc23)c(=O)[nH]c2ccccc12. The third kappa shape index (κ3) is 2.68. The van der Waals surface area contributed by atoms with Gasteiger partial charge in [0.25, 0.3) is 5.56 Å². The number of allylic oxidation sites excluding steroid dienone is 1. The third-order valence-electron chi connectivity index (χ3n) is 4.83. The van der Waals surface area contributed by atoms with Crippen LogP contribution in [0.25, 0.3) is 27.9 Å². The van der Waals surface area contributed by atoms with Crippen molar-refractivity contribution in [2.24, 2.45) is 7.05 Å². The Bertz CT molecular complexity index is 1160. The second kappa shape index (κ2) is 6.10. The van der Waals surface area contributed by atoms with E-state index in [4.69, 9.17) is 0 Å². The van der Waals surface area contributed by atoms with Gasteiger partial charge in [-0.1, -0.05) is 48.6 Å². The second-order valence-electron chi connectivity index (χ2n) is 6.43. The molecule has 0 fully saturated rings. The van der Waals surface area contributed by atoms with Crippen molar-refractivity contribution >= 4 is 27.9 Å². The number of hydrogen-bond acceptors (Lipinski definition) is 1. The molecule has 0 spiro atoms. The van der Waals surface area contributed by atoms with Gasteiger partial charge < -0.3 is 9.55 Å². The van der Waals surface area contributed by atoms with E-state index in [1.54, 1.807) is 0 Å². The number of H-pyrrole nitrogens is 1. The van der Waals surface area contributed by atoms with Crippen molar-refractivity contribution in [2.45, 2.75) is 13.3 Å². The molecule has 3 nitrogen and oxygen atoms in total. The lowest BCUT2D eigenvalue weighted by Crippen LogP contribution is -2.11. The smallest absolute Gasteiger partial charge is 0.255 e. The number of aryl methyl sites for hydroxylation is 2. The van der Waals surface area contributed by atoms with E-state index in [0.29, 0.717) is 0 Å². The molecule has 2 heterocycles. The number of nitrogens with zero attached hydrogens (tertiary/aromatic N) is 1. The predicted octanol–water partition coefficient (Wildman–Crippen LogP) is 4.58. The Kier molecular flexibility index (Phi) is 3.77. The largest absolute Gasteiger partial charge is 0.350 e. The molecule has 2 aromatic carbocycles. The summed E-state index contributed by atoms with van der Waals surface area (Å²) in [7, 11) is 2.06. The zero-order valence-electron chi connectivity index (χ0n) is 14.4. The minimum absolute atomic E-state index is 0.0367. The highest BCUT2D eigenvalue weighted by molar-refractivity contribution is 5.85. The number of aromatic nitrogens is 2. The molecular formula is C22H20N2O. The fraction of sp³-hybridized carbons (Fsp3) is 0.136. The Morgan fingerprint density at radius 1 is 1.04 bits per heavy atom. The monoisotopic (exact) mass is 328 g/mol. The van der Waals surface area contributed by atoms with Gasteiger partial charge in [0, 0.05) is 40.6 Å². The molecule has 2 aromatic heterocycles. The molecule has 0 aliphatic carbocycles. The fourth-order valence-corrected chi connectivity index (χ4v) is 3.52. The van der Waals surface area contributed by atoms with Crippen molar-refractivity contribution in [3.63, 3.8) is 0 Å². The standard InChI is InChI=1S/C22H20N2O/c1-15-17-9-3-5-12-20(17)23-22(25)18(15)11-7-8-16-14-24(2)21-13-6-4-10-19(16)21/h3-7,9-14H,8H2,1-2H3,(H,23,25)/b11-7+. The molecule has 0 aliphatic heterocycles. The van der Waals surface area contributed by atoms with E-state index in [2.05, 4.69) is 53.1 Å². The summed E-state index contributed by atoms with van der Waals surface area (Å²) in [6.07, 6.45) is 6.98. The molecule has 0 aliphatic rings. The van der Waals surface area contributed by atoms with Crippen molar-refractivity contribution < 1.29 is 0 Å². The van der Waals surface area contributed by atoms with Crippen LogP contribution in [0.15, 0.2) is 65.6 Å². The van der Waals surface area contributed by atoms with E-state index in [9.17, 15) is 4.79 Å². The van der Waals surface area contributed by atoms with Gasteiger partial charge in [-0.2, -0.15) is 0 Å². The molecule has 0 bridgehead atoms. The lowest BCUT2D eigenvalue weighted by molar-refractivity contribution is 0.960. The van der Waals surface area contributed by atoms with Crippen LogP contribution in [0.5, 0.6) is 0 Å². The van der Waals surface area contributed by atoms with Crippen LogP contribution in [0.4, 0.5) is 0 Å². The molecule has 0 amide bonds. The molecule has 25 heavy (non-hydrogen) atoms. The molecule has 0 saturated carbocycles. The maximum absolute atomic E-state index is 12.4. The summed E-state index contributed by atoms with van der Waals surface area (Å²) < 4.78 is 2.15. The van der Waals surface area contributed by atoms with Gasteiger partial charge in [-0.3, -0.25) is 4.79 Å². The predicted molar refractivity (Wildman–Crippen MR) is 105 cm³/mol. The summed E-state index contributed by atoms with van der Waals surface area (Å²) in [6, 6.07) is 16.3. The summed E-state index contributed by atoms with van der Waals surface area (Å²) in [6.45, 7) is 2.01. The number of fused-ring (bicyclic) bond motifs is 2. The summed E-state index contributed by atoms with van der Waals surface area (Å²) in [5.41, 5.74) is 5.10. The highest BCUT2D eigenvalue weighted by Crippen LogP contribution is 2.22. The Balaban J connectivity index is 1.70. The highest BCUT2D eigenvalue weighted by atomic mass is 16.1. The van der Waals surface area contributed by atoms with Gasteiger partial charge in [0.1, 0.15) is 0 Å². The zero-order valence-corrected chi connectivity index (χ0v) is 14.4. The summed E-state index contributed by atoms with van der Waals surface area (Å²) >= 11 is 0. The number of para-hydroxylation sites is 2. The van der Waals surface area contributed by atoms with Gasteiger partial charge in [-0.25, -0.2) is 0 Å². The van der Waals surface area contributed by atoms with Crippen molar-refractivity contribution in [1.29, 1.82) is 0 Å². The van der Waals surface area contributed by atoms with Crippen LogP contribution in [0, 0.1) is 6.92 Å². The average molecular weight is 328 g/mol. The normalized spacial score (nSPS) is 11.8. The summed E-state index contributed by atoms with van der Waals surface area (Å²) in [5.74, 6) is 0. The molecule has 0 atom stereocenters. The Hall–Kier alpha value is -3.07. The van der Waals surface area contributed by atoms with Crippen LogP contribution in [0.2, 0.25) is 0 Å². The third-order valence-corrected chi connectivity index (χ3v) is 4.83. The van der Waals surface area contributed by atoms with Crippen LogP contribution >= 0.6 is 0 Å². The van der Waals surface area contributed by atoms with Gasteiger partial charge in [-0.05, 0) is 36.6 Å². The first-order chi connectivity index (χ1) is 12.1. The number of nitrogens with one attached hydrogen (secondary N) is 1. The number of pyridine rings is 1. The van der Waals surface area contributed by atoms with Crippen molar-refractivity contribution in [3.8, 4) is 0 Å². The van der Waals surface area contributed by atoms with Gasteiger partial charge in [0.05, 0.1) is 0 Å². The van der Waals surface area contributed by atoms with Crippen molar-refractivity contribution in [1.82, 2.24) is 9.55 Å². The lowest BCUT2D eigenvalue weighted by Gasteiger charge is -2.05. The Labute approximate surface area is 146 Å². The molecule has 0 radical (unpaired) electrons. The van der Waals surface area contributed by atoms with E-state index in [0.717, 1.165) is 28.5 Å². The van der Waals surface area contributed by atoms with Crippen LogP contribution < -0.4 is 5.56 Å². The molecule has 1 N–H and O–H groups in total. The molecule has 0 unspecified atom stereocenters. The molecule has 4 aromatic rings. The zero-order chi connectivity index (χ0) is 17.4. The lowest BCUT2D eigenvalue weighted by atomic mass is 10.0. The quantitative estimate of drug-likeness (QED) is 0.587. The number of rotatable bonds is 3. The minimum atomic E-state index is -0.0367. The first-order valence-corrected chi connectivity index (χ1v) is 8.46. The average Bonchev–Trinajstić information content (AvgIpc) is 2.94. The topological polar surface area (TPSA) is 37.8 Å². The summed E-state index contributed by atoms with van der Waals surface area (Å²) in [5, 5.41) is 2.35. The maximum Gasteiger partial charge on any atom is 0.255 e. The maximum atomic E-state index is 12.4. The molecule has 3 heteroatoms. The van der Waals surface area contributed by atoms with E-state index in [1.165, 1.54) is 16.5 Å². The van der Waals surface area contributed by atoms with Crippen LogP contribution in [-0.4, -0.2) is 9.55 Å². The van der Waals surface area contributed by atoms with E-state index < -0.39 is 0 Å². The van der Waals surface area contributed by atoms with Gasteiger partial charge in [0.15, 0.2) is 0 Å². The van der Waals surface area contributed by atoms with E-state index in [1.807, 2.05) is 37.3 Å². The van der Waals surface area contributed by atoms with E-state index >= 15 is 0 Å². The fourth-order valence-electron chi connectivity index (χ4n) is 3.52. The Morgan fingerprint density at radius 2 is 1.76 bits per heavy atom. The first kappa shape index (κ1) is 15.5. The minimum Gasteiger partial charge on any atom is -0.350 e. The Morgan fingerprint density at radius 3 is 2.60 bits per heavy atom.